The van der Waals surface area contributed by atoms with Crippen molar-refractivity contribution in [3.8, 4) is 5.69 Å². The van der Waals surface area contributed by atoms with Gasteiger partial charge in [0.15, 0.2) is 5.82 Å². The molecule has 0 amide bonds. The Balaban J connectivity index is 1.52. The van der Waals surface area contributed by atoms with Crippen molar-refractivity contribution in [3.05, 3.63) is 59.6 Å². The SMILES string of the molecule is OC[C@@H]1CCCN1c1nc(Nc2cn(-c3ccccc3)cn2)c2ccc(Br)n2n1. The van der Waals surface area contributed by atoms with Gasteiger partial charge in [0.2, 0.25) is 5.95 Å². The molecule has 29 heavy (non-hydrogen) atoms. The van der Waals surface area contributed by atoms with Crippen LogP contribution < -0.4 is 10.2 Å². The third-order valence-electron chi connectivity index (χ3n) is 5.18. The summed E-state index contributed by atoms with van der Waals surface area (Å²) in [4.78, 5) is 11.3. The Hall–Kier alpha value is -2.91. The molecular weight excluding hydrogens is 434 g/mol. The zero-order chi connectivity index (χ0) is 19.8. The second-order valence-corrected chi connectivity index (χ2v) is 7.82. The molecule has 0 spiro atoms. The molecule has 1 aliphatic rings. The molecule has 1 saturated heterocycles. The Labute approximate surface area is 176 Å². The summed E-state index contributed by atoms with van der Waals surface area (Å²) >= 11 is 3.55. The van der Waals surface area contributed by atoms with E-state index in [1.807, 2.05) is 57.7 Å². The smallest absolute Gasteiger partial charge is 0.246 e. The van der Waals surface area contributed by atoms with Gasteiger partial charge in [0.25, 0.3) is 0 Å². The Morgan fingerprint density at radius 3 is 2.86 bits per heavy atom. The number of para-hydroxylation sites is 1. The molecule has 1 aliphatic heterocycles. The third-order valence-corrected chi connectivity index (χ3v) is 5.78. The molecule has 0 radical (unpaired) electrons. The number of imidazole rings is 1. The molecule has 9 heteroatoms. The molecule has 1 fully saturated rings. The lowest BCUT2D eigenvalue weighted by atomic mass is 10.2. The number of nitrogens with zero attached hydrogens (tertiary/aromatic N) is 6. The van der Waals surface area contributed by atoms with E-state index in [9.17, 15) is 5.11 Å². The van der Waals surface area contributed by atoms with Crippen LogP contribution in [0.3, 0.4) is 0 Å². The summed E-state index contributed by atoms with van der Waals surface area (Å²) in [6.07, 6.45) is 5.66. The first-order valence-electron chi connectivity index (χ1n) is 9.52. The van der Waals surface area contributed by atoms with Crippen molar-refractivity contribution in [1.82, 2.24) is 24.1 Å². The lowest BCUT2D eigenvalue weighted by Gasteiger charge is -2.23. The maximum atomic E-state index is 9.70. The predicted molar refractivity (Wildman–Crippen MR) is 115 cm³/mol. The van der Waals surface area contributed by atoms with E-state index in [2.05, 4.69) is 36.2 Å². The monoisotopic (exact) mass is 453 g/mol. The Bertz CT molecular complexity index is 1140. The fourth-order valence-corrected chi connectivity index (χ4v) is 4.11. The summed E-state index contributed by atoms with van der Waals surface area (Å²) in [5.74, 6) is 1.95. The van der Waals surface area contributed by atoms with Crippen molar-refractivity contribution in [3.63, 3.8) is 0 Å². The quantitative estimate of drug-likeness (QED) is 0.481. The van der Waals surface area contributed by atoms with Gasteiger partial charge >= 0.3 is 0 Å². The molecule has 8 nitrogen and oxygen atoms in total. The number of benzene rings is 1. The van der Waals surface area contributed by atoms with E-state index in [0.717, 1.165) is 35.2 Å². The number of anilines is 3. The van der Waals surface area contributed by atoms with E-state index < -0.39 is 0 Å². The number of aliphatic hydroxyl groups excluding tert-OH is 1. The molecule has 5 rings (SSSR count). The van der Waals surface area contributed by atoms with Crippen LogP contribution in [0.1, 0.15) is 12.8 Å². The van der Waals surface area contributed by atoms with E-state index >= 15 is 0 Å². The van der Waals surface area contributed by atoms with E-state index in [-0.39, 0.29) is 12.6 Å². The first-order valence-corrected chi connectivity index (χ1v) is 10.3. The average molecular weight is 454 g/mol. The van der Waals surface area contributed by atoms with Crippen LogP contribution in [0.4, 0.5) is 17.6 Å². The fraction of sp³-hybridized carbons (Fsp3) is 0.250. The molecule has 3 aromatic heterocycles. The zero-order valence-corrected chi connectivity index (χ0v) is 17.2. The average Bonchev–Trinajstić information content (AvgIpc) is 3.49. The first-order chi connectivity index (χ1) is 14.2. The molecule has 4 aromatic rings. The summed E-state index contributed by atoms with van der Waals surface area (Å²) in [6.45, 7) is 0.927. The second-order valence-electron chi connectivity index (χ2n) is 7.01. The van der Waals surface area contributed by atoms with Gasteiger partial charge in [-0.15, -0.1) is 5.10 Å². The standard InChI is InChI=1S/C20H20BrN7O/c21-17-9-8-16-19(23-18-11-26(13-22-18)14-5-2-1-3-6-14)24-20(25-28(16)17)27-10-4-7-15(27)12-29/h1-3,5-6,8-9,11,13,15,29H,4,7,10,12H2,(H,23,24,25)/t15-/m0/s1. The maximum absolute atomic E-state index is 9.70. The minimum absolute atomic E-state index is 0.0481. The van der Waals surface area contributed by atoms with E-state index in [4.69, 9.17) is 4.98 Å². The highest BCUT2D eigenvalue weighted by molar-refractivity contribution is 9.10. The van der Waals surface area contributed by atoms with Crippen molar-refractivity contribution < 1.29 is 5.11 Å². The summed E-state index contributed by atoms with van der Waals surface area (Å²) < 4.78 is 4.61. The number of aromatic nitrogens is 5. The largest absolute Gasteiger partial charge is 0.394 e. The van der Waals surface area contributed by atoms with Crippen LogP contribution in [0.25, 0.3) is 11.2 Å². The van der Waals surface area contributed by atoms with E-state index in [1.54, 1.807) is 6.33 Å². The highest BCUT2D eigenvalue weighted by Crippen LogP contribution is 2.28. The molecule has 4 heterocycles. The molecule has 0 aliphatic carbocycles. The predicted octanol–water partition coefficient (Wildman–Crippen LogP) is 3.38. The minimum atomic E-state index is 0.0481. The van der Waals surface area contributed by atoms with Crippen molar-refractivity contribution in [2.24, 2.45) is 0 Å². The van der Waals surface area contributed by atoms with Crippen LogP contribution >= 0.6 is 15.9 Å². The van der Waals surface area contributed by atoms with Gasteiger partial charge in [0, 0.05) is 12.2 Å². The number of hydrogen-bond acceptors (Lipinski definition) is 6. The van der Waals surface area contributed by atoms with Crippen LogP contribution in [0, 0.1) is 0 Å². The molecule has 1 aromatic carbocycles. The van der Waals surface area contributed by atoms with Crippen molar-refractivity contribution in [2.45, 2.75) is 18.9 Å². The Morgan fingerprint density at radius 1 is 1.17 bits per heavy atom. The van der Waals surface area contributed by atoms with Gasteiger partial charge in [-0.1, -0.05) is 18.2 Å². The van der Waals surface area contributed by atoms with Gasteiger partial charge in [0.05, 0.1) is 18.8 Å². The number of hydrogen-bond donors (Lipinski definition) is 2. The minimum Gasteiger partial charge on any atom is -0.394 e. The number of halogens is 1. The molecular formula is C20H20BrN7O. The van der Waals surface area contributed by atoms with Crippen molar-refractivity contribution in [1.29, 1.82) is 0 Å². The van der Waals surface area contributed by atoms with Crippen LogP contribution in [0.5, 0.6) is 0 Å². The van der Waals surface area contributed by atoms with Gasteiger partial charge in [-0.2, -0.15) is 4.98 Å². The fourth-order valence-electron chi connectivity index (χ4n) is 3.71. The van der Waals surface area contributed by atoms with Gasteiger partial charge in [-0.25, -0.2) is 9.50 Å². The molecule has 148 valence electrons. The lowest BCUT2D eigenvalue weighted by Crippen LogP contribution is -2.34. The maximum Gasteiger partial charge on any atom is 0.246 e. The number of aliphatic hydroxyl groups is 1. The molecule has 2 N–H and O–H groups in total. The molecule has 0 bridgehead atoms. The lowest BCUT2D eigenvalue weighted by molar-refractivity contribution is 0.265. The van der Waals surface area contributed by atoms with Crippen LogP contribution in [-0.4, -0.2) is 48.4 Å². The normalized spacial score (nSPS) is 16.6. The number of fused-ring (bicyclic) bond motifs is 1. The molecule has 0 saturated carbocycles. The summed E-state index contributed by atoms with van der Waals surface area (Å²) in [7, 11) is 0. The molecule has 1 atom stereocenters. The van der Waals surface area contributed by atoms with Gasteiger partial charge < -0.3 is 19.9 Å². The first kappa shape index (κ1) is 18.1. The summed E-state index contributed by atoms with van der Waals surface area (Å²) in [5, 5.41) is 17.7. The van der Waals surface area contributed by atoms with Gasteiger partial charge in [0.1, 0.15) is 22.3 Å². The zero-order valence-electron chi connectivity index (χ0n) is 15.6. The van der Waals surface area contributed by atoms with Gasteiger partial charge in [-0.05, 0) is 53.0 Å². The van der Waals surface area contributed by atoms with Crippen molar-refractivity contribution >= 4 is 39.0 Å². The second kappa shape index (κ2) is 7.49. The van der Waals surface area contributed by atoms with E-state index in [1.165, 1.54) is 0 Å². The summed E-state index contributed by atoms with van der Waals surface area (Å²) in [5.41, 5.74) is 1.88. The van der Waals surface area contributed by atoms with E-state index in [0.29, 0.717) is 17.6 Å². The summed E-state index contributed by atoms with van der Waals surface area (Å²) in [6, 6.07) is 14.0. The Kier molecular flexibility index (Phi) is 4.69. The topological polar surface area (TPSA) is 83.5 Å². The van der Waals surface area contributed by atoms with Gasteiger partial charge in [-0.3, -0.25) is 0 Å². The Morgan fingerprint density at radius 2 is 2.03 bits per heavy atom. The number of rotatable bonds is 5. The van der Waals surface area contributed by atoms with Crippen LogP contribution in [-0.2, 0) is 0 Å². The van der Waals surface area contributed by atoms with Crippen LogP contribution in [0.15, 0.2) is 59.6 Å². The third kappa shape index (κ3) is 3.36. The number of nitrogens with one attached hydrogen (secondary N) is 1. The highest BCUT2D eigenvalue weighted by atomic mass is 79.9. The van der Waals surface area contributed by atoms with Crippen LogP contribution in [0.2, 0.25) is 0 Å². The molecule has 0 unspecified atom stereocenters. The highest BCUT2D eigenvalue weighted by Gasteiger charge is 2.27. The van der Waals surface area contributed by atoms with Crippen molar-refractivity contribution in [2.75, 3.05) is 23.4 Å².